The molecule has 1 saturated carbocycles. The summed E-state index contributed by atoms with van der Waals surface area (Å²) >= 11 is 0. The third-order valence-electron chi connectivity index (χ3n) is 4.20. The van der Waals surface area contributed by atoms with Crippen molar-refractivity contribution in [3.05, 3.63) is 23.8 Å². The second-order valence-electron chi connectivity index (χ2n) is 5.97. The van der Waals surface area contributed by atoms with Crippen LogP contribution >= 0.6 is 0 Å². The fraction of sp³-hybridized carbons (Fsp3) is 0.625. The maximum absolute atomic E-state index is 10.6. The predicted molar refractivity (Wildman–Crippen MR) is 82.3 cm³/mol. The van der Waals surface area contributed by atoms with Crippen molar-refractivity contribution in [1.82, 2.24) is 0 Å². The van der Waals surface area contributed by atoms with Crippen molar-refractivity contribution in [2.45, 2.75) is 44.2 Å². The Morgan fingerprint density at radius 1 is 1.40 bits per heavy atom. The van der Waals surface area contributed by atoms with E-state index in [1.54, 1.807) is 7.11 Å². The SMILES string of the molecule is COc1cccc(N(C)CC2(O)CCCC2)c1[C@H](C)N. The molecule has 3 N–H and O–H groups in total. The van der Waals surface area contributed by atoms with Gasteiger partial charge in [0, 0.05) is 30.9 Å². The molecule has 1 atom stereocenters. The highest BCUT2D eigenvalue weighted by molar-refractivity contribution is 5.60. The van der Waals surface area contributed by atoms with Gasteiger partial charge < -0.3 is 20.5 Å². The lowest BCUT2D eigenvalue weighted by Crippen LogP contribution is -2.39. The average molecular weight is 278 g/mol. The molecule has 0 amide bonds. The Balaban J connectivity index is 2.27. The van der Waals surface area contributed by atoms with Crippen LogP contribution in [0.4, 0.5) is 5.69 Å². The molecular weight excluding hydrogens is 252 g/mol. The quantitative estimate of drug-likeness (QED) is 0.868. The van der Waals surface area contributed by atoms with Crippen molar-refractivity contribution in [3.63, 3.8) is 0 Å². The summed E-state index contributed by atoms with van der Waals surface area (Å²) in [5, 5.41) is 10.6. The molecule has 4 nitrogen and oxygen atoms in total. The van der Waals surface area contributed by atoms with E-state index in [2.05, 4.69) is 4.90 Å². The van der Waals surface area contributed by atoms with Crippen molar-refractivity contribution in [2.75, 3.05) is 25.6 Å². The van der Waals surface area contributed by atoms with Crippen LogP contribution < -0.4 is 15.4 Å². The molecule has 0 bridgehead atoms. The standard InChI is InChI=1S/C16H26N2O2/c1-12(17)15-13(7-6-8-14(15)20-3)18(2)11-16(19)9-4-5-10-16/h6-8,12,19H,4-5,9-11,17H2,1-3H3/t12-/m0/s1. The second kappa shape index (κ2) is 6.02. The number of hydrogen-bond acceptors (Lipinski definition) is 4. The molecule has 0 heterocycles. The second-order valence-corrected chi connectivity index (χ2v) is 5.97. The first kappa shape index (κ1) is 15.1. The van der Waals surface area contributed by atoms with E-state index >= 15 is 0 Å². The van der Waals surface area contributed by atoms with Crippen LogP contribution in [0.25, 0.3) is 0 Å². The first-order valence-corrected chi connectivity index (χ1v) is 7.33. The predicted octanol–water partition coefficient (Wildman–Crippen LogP) is 2.46. The zero-order valence-corrected chi connectivity index (χ0v) is 12.7. The number of aliphatic hydroxyl groups is 1. The van der Waals surface area contributed by atoms with E-state index in [-0.39, 0.29) is 6.04 Å². The molecule has 1 aromatic carbocycles. The molecule has 0 aromatic heterocycles. The molecule has 0 aliphatic heterocycles. The van der Waals surface area contributed by atoms with Crippen molar-refractivity contribution in [3.8, 4) is 5.75 Å². The molecule has 0 saturated heterocycles. The zero-order valence-electron chi connectivity index (χ0n) is 12.7. The third kappa shape index (κ3) is 3.07. The summed E-state index contributed by atoms with van der Waals surface area (Å²) in [5.74, 6) is 0.808. The van der Waals surface area contributed by atoms with Crippen molar-refractivity contribution in [2.24, 2.45) is 5.73 Å². The summed E-state index contributed by atoms with van der Waals surface area (Å²) in [4.78, 5) is 2.10. The highest BCUT2D eigenvalue weighted by Gasteiger charge is 2.33. The van der Waals surface area contributed by atoms with Gasteiger partial charge in [0.25, 0.3) is 0 Å². The summed E-state index contributed by atoms with van der Waals surface area (Å²) in [5.41, 5.74) is 7.58. The van der Waals surface area contributed by atoms with E-state index < -0.39 is 5.60 Å². The number of rotatable bonds is 5. The largest absolute Gasteiger partial charge is 0.496 e. The molecule has 1 aliphatic carbocycles. The normalized spacial score (nSPS) is 18.9. The number of nitrogens with two attached hydrogens (primary N) is 1. The van der Waals surface area contributed by atoms with E-state index in [1.807, 2.05) is 32.2 Å². The lowest BCUT2D eigenvalue weighted by molar-refractivity contribution is 0.0559. The summed E-state index contributed by atoms with van der Waals surface area (Å²) in [6, 6.07) is 5.83. The first-order chi connectivity index (χ1) is 9.47. The molecule has 0 radical (unpaired) electrons. The Kier molecular flexibility index (Phi) is 4.55. The number of ether oxygens (including phenoxy) is 1. The number of methoxy groups -OCH3 is 1. The minimum Gasteiger partial charge on any atom is -0.496 e. The monoisotopic (exact) mass is 278 g/mol. The third-order valence-corrected chi connectivity index (χ3v) is 4.20. The molecule has 20 heavy (non-hydrogen) atoms. The average Bonchev–Trinajstić information content (AvgIpc) is 2.83. The molecule has 4 heteroatoms. The number of benzene rings is 1. The Morgan fingerprint density at radius 3 is 2.60 bits per heavy atom. The molecule has 112 valence electrons. The van der Waals surface area contributed by atoms with Gasteiger partial charge in [0.05, 0.1) is 12.7 Å². The Bertz CT molecular complexity index is 454. The number of nitrogens with zero attached hydrogens (tertiary/aromatic N) is 1. The Morgan fingerprint density at radius 2 is 2.05 bits per heavy atom. The summed E-state index contributed by atoms with van der Waals surface area (Å²) in [7, 11) is 3.67. The highest BCUT2D eigenvalue weighted by Crippen LogP contribution is 2.36. The van der Waals surface area contributed by atoms with Gasteiger partial charge in [0.2, 0.25) is 0 Å². The topological polar surface area (TPSA) is 58.7 Å². The van der Waals surface area contributed by atoms with Crippen LogP contribution in [0.15, 0.2) is 18.2 Å². The van der Waals surface area contributed by atoms with Crippen LogP contribution in [-0.2, 0) is 0 Å². The smallest absolute Gasteiger partial charge is 0.125 e. The van der Waals surface area contributed by atoms with Gasteiger partial charge in [0.15, 0.2) is 0 Å². The fourth-order valence-electron chi connectivity index (χ4n) is 3.22. The number of anilines is 1. The fourth-order valence-corrected chi connectivity index (χ4v) is 3.22. The van der Waals surface area contributed by atoms with Gasteiger partial charge in [-0.1, -0.05) is 18.9 Å². The van der Waals surface area contributed by atoms with Gasteiger partial charge in [-0.25, -0.2) is 0 Å². The van der Waals surface area contributed by atoms with Crippen molar-refractivity contribution in [1.29, 1.82) is 0 Å². The van der Waals surface area contributed by atoms with Gasteiger partial charge >= 0.3 is 0 Å². The van der Waals surface area contributed by atoms with Crippen molar-refractivity contribution >= 4 is 5.69 Å². The van der Waals surface area contributed by atoms with Gasteiger partial charge in [-0.2, -0.15) is 0 Å². The summed E-state index contributed by atoms with van der Waals surface area (Å²) < 4.78 is 5.42. The summed E-state index contributed by atoms with van der Waals surface area (Å²) in [6.07, 6.45) is 3.99. The minimum absolute atomic E-state index is 0.109. The van der Waals surface area contributed by atoms with Gasteiger partial charge in [0.1, 0.15) is 5.75 Å². The lowest BCUT2D eigenvalue weighted by Gasteiger charge is -2.32. The Labute approximate surface area is 121 Å². The summed E-state index contributed by atoms with van der Waals surface area (Å²) in [6.45, 7) is 2.60. The Hall–Kier alpha value is -1.26. The number of likely N-dealkylation sites (N-methyl/N-ethyl adjacent to an activating group) is 1. The van der Waals surface area contributed by atoms with Crippen molar-refractivity contribution < 1.29 is 9.84 Å². The molecular formula is C16H26N2O2. The minimum atomic E-state index is -0.563. The number of hydrogen-bond donors (Lipinski definition) is 2. The van der Waals surface area contributed by atoms with Gasteiger partial charge in [-0.3, -0.25) is 0 Å². The molecule has 0 unspecified atom stereocenters. The van der Waals surface area contributed by atoms with E-state index in [1.165, 1.54) is 0 Å². The first-order valence-electron chi connectivity index (χ1n) is 7.33. The van der Waals surface area contributed by atoms with Crippen LogP contribution in [-0.4, -0.2) is 31.4 Å². The van der Waals surface area contributed by atoms with Crippen LogP contribution in [0.2, 0.25) is 0 Å². The molecule has 0 spiro atoms. The molecule has 2 rings (SSSR count). The van der Waals surface area contributed by atoms with Crippen LogP contribution in [0.5, 0.6) is 5.75 Å². The molecule has 1 aromatic rings. The maximum atomic E-state index is 10.6. The van der Waals surface area contributed by atoms with Crippen LogP contribution in [0.3, 0.4) is 0 Å². The zero-order chi connectivity index (χ0) is 14.8. The van der Waals surface area contributed by atoms with E-state index in [4.69, 9.17) is 10.5 Å². The maximum Gasteiger partial charge on any atom is 0.125 e. The van der Waals surface area contributed by atoms with Gasteiger partial charge in [-0.15, -0.1) is 0 Å². The van der Waals surface area contributed by atoms with E-state index in [0.29, 0.717) is 6.54 Å². The van der Waals surface area contributed by atoms with Gasteiger partial charge in [-0.05, 0) is 31.9 Å². The van der Waals surface area contributed by atoms with Crippen LogP contribution in [0.1, 0.15) is 44.2 Å². The van der Waals surface area contributed by atoms with Crippen LogP contribution in [0, 0.1) is 0 Å². The molecule has 1 aliphatic rings. The van der Waals surface area contributed by atoms with E-state index in [0.717, 1.165) is 42.7 Å². The van der Waals surface area contributed by atoms with E-state index in [9.17, 15) is 5.11 Å². The lowest BCUT2D eigenvalue weighted by atomic mass is 9.99. The highest BCUT2D eigenvalue weighted by atomic mass is 16.5. The molecule has 1 fully saturated rings.